The first-order valence-electron chi connectivity index (χ1n) is 16.4. The summed E-state index contributed by atoms with van der Waals surface area (Å²) in [5.41, 5.74) is 7.55. The van der Waals surface area contributed by atoms with E-state index in [1.54, 1.807) is 0 Å². The van der Waals surface area contributed by atoms with Crippen LogP contribution < -0.4 is 0 Å². The molecule has 0 bridgehead atoms. The molecule has 2 nitrogen and oxygen atoms in total. The van der Waals surface area contributed by atoms with Gasteiger partial charge in [-0.3, -0.25) is 0 Å². The average Bonchev–Trinajstić information content (AvgIpc) is 3.21. The summed E-state index contributed by atoms with van der Waals surface area (Å²) in [4.78, 5) is 0. The molecule has 0 saturated carbocycles. The number of hydrogen-bond donors (Lipinski definition) is 2. The molecule has 0 aromatic heterocycles. The topological polar surface area (TPSA) is 40.5 Å². The van der Waals surface area contributed by atoms with Gasteiger partial charge in [-0.15, -0.1) is 0 Å². The van der Waals surface area contributed by atoms with Crippen molar-refractivity contribution in [1.82, 2.24) is 0 Å². The Kier molecular flexibility index (Phi) is 15.8. The van der Waals surface area contributed by atoms with Crippen LogP contribution in [0.25, 0.3) is 44.5 Å². The summed E-state index contributed by atoms with van der Waals surface area (Å²) in [7, 11) is 0. The molecule has 8 aromatic carbocycles. The number of phenolic OH excluding ortho intramolecular Hbond substituents is 2. The van der Waals surface area contributed by atoms with Gasteiger partial charge in [-0.25, -0.2) is 0 Å². The van der Waals surface area contributed by atoms with E-state index in [0.717, 1.165) is 44.5 Å². The maximum atomic E-state index is 10.5. The second kappa shape index (κ2) is 21.2. The predicted molar refractivity (Wildman–Crippen MR) is 209 cm³/mol. The minimum Gasteiger partial charge on any atom is -0.507 e. The summed E-state index contributed by atoms with van der Waals surface area (Å²) in [6.07, 6.45) is 0. The Labute approximate surface area is 316 Å². The van der Waals surface area contributed by atoms with Crippen LogP contribution in [0.5, 0.6) is 11.5 Å². The monoisotopic (exact) mass is 694 g/mol. The molecule has 0 unspecified atom stereocenters. The van der Waals surface area contributed by atoms with Crippen LogP contribution in [0.2, 0.25) is 0 Å². The van der Waals surface area contributed by atoms with Crippen LogP contribution in [0.1, 0.15) is 0 Å². The maximum Gasteiger partial charge on any atom is 2.00 e. The second-order valence-corrected chi connectivity index (χ2v) is 11.0. The zero-order valence-corrected chi connectivity index (χ0v) is 29.7. The van der Waals surface area contributed by atoms with Crippen LogP contribution in [-0.2, 0) is 21.7 Å². The molecule has 0 radical (unpaired) electrons. The summed E-state index contributed by atoms with van der Waals surface area (Å²) >= 11 is 0. The van der Waals surface area contributed by atoms with Crippen molar-refractivity contribution >= 4 is 0 Å². The summed E-state index contributed by atoms with van der Waals surface area (Å²) < 4.78 is 0. The van der Waals surface area contributed by atoms with Crippen molar-refractivity contribution in [2.24, 2.45) is 0 Å². The minimum atomic E-state index is 0. The van der Waals surface area contributed by atoms with Crippen molar-refractivity contribution in [3.8, 4) is 56.0 Å². The fourth-order valence-electron chi connectivity index (χ4n) is 5.17. The van der Waals surface area contributed by atoms with E-state index in [2.05, 4.69) is 12.1 Å². The Balaban J connectivity index is 0.000000171. The molecule has 0 heterocycles. The molecule has 3 heteroatoms. The zero-order valence-electron chi connectivity index (χ0n) is 28.2. The van der Waals surface area contributed by atoms with E-state index >= 15 is 0 Å². The Bertz CT molecular complexity index is 1760. The fraction of sp³-hybridized carbons (Fsp3) is 0. The Morgan fingerprint density at radius 1 is 0.255 bits per heavy atom. The summed E-state index contributed by atoms with van der Waals surface area (Å²) in [6, 6.07) is 76.5. The molecular formula is C48H38O2Ti. The second-order valence-electron chi connectivity index (χ2n) is 11.0. The number of aromatic hydroxyl groups is 2. The van der Waals surface area contributed by atoms with E-state index in [-0.39, 0.29) is 21.7 Å². The molecule has 0 spiro atoms. The predicted octanol–water partition coefficient (Wildman–Crippen LogP) is 12.4. The van der Waals surface area contributed by atoms with Gasteiger partial charge < -0.3 is 10.2 Å². The van der Waals surface area contributed by atoms with E-state index in [9.17, 15) is 10.2 Å². The smallest absolute Gasteiger partial charge is 0.507 e. The zero-order chi connectivity index (χ0) is 34.6. The standard InChI is InChI=1S/2C18H14O.2C6H5.Ti/c2*19-18-16(14-8-3-1-4-9-14)12-7-13-17(18)15-10-5-2-6-11-15;2*1-2-4-6-5-3-1;/h2*1-13,19H;2*1-5H;/q;;2*-1;+2. The molecular weight excluding hydrogens is 656 g/mol. The first-order valence-corrected chi connectivity index (χ1v) is 16.4. The fourth-order valence-corrected chi connectivity index (χ4v) is 5.17. The molecule has 0 amide bonds. The molecule has 0 aliphatic heterocycles. The SMILES string of the molecule is Oc1c(-c2ccccc2)cccc1-c1ccccc1.Oc1c(-c2ccccc2)cccc1-c1ccccc1.[Ti+2].[c-]1ccccc1.[c-]1ccccc1. The van der Waals surface area contributed by atoms with Gasteiger partial charge >= 0.3 is 21.7 Å². The van der Waals surface area contributed by atoms with Crippen molar-refractivity contribution in [3.63, 3.8) is 0 Å². The molecule has 0 atom stereocenters. The van der Waals surface area contributed by atoms with Gasteiger partial charge in [0.05, 0.1) is 0 Å². The van der Waals surface area contributed by atoms with Crippen LogP contribution in [-0.4, -0.2) is 10.2 Å². The molecule has 0 saturated heterocycles. The molecule has 51 heavy (non-hydrogen) atoms. The first-order chi connectivity index (χ1) is 24.7. The van der Waals surface area contributed by atoms with Gasteiger partial charge in [0.15, 0.2) is 0 Å². The Hall–Kier alpha value is -5.93. The van der Waals surface area contributed by atoms with Gasteiger partial charge in [-0.2, -0.15) is 72.8 Å². The summed E-state index contributed by atoms with van der Waals surface area (Å²) in [6.45, 7) is 0. The van der Waals surface area contributed by atoms with Gasteiger partial charge in [0.2, 0.25) is 0 Å². The number of phenols is 2. The first kappa shape index (κ1) is 37.9. The van der Waals surface area contributed by atoms with E-state index in [1.165, 1.54) is 0 Å². The van der Waals surface area contributed by atoms with Crippen LogP contribution in [0.15, 0.2) is 218 Å². The molecule has 0 fully saturated rings. The average molecular weight is 695 g/mol. The van der Waals surface area contributed by atoms with Gasteiger partial charge in [0.1, 0.15) is 11.5 Å². The number of hydrogen-bond acceptors (Lipinski definition) is 2. The number of rotatable bonds is 4. The van der Waals surface area contributed by atoms with Crippen molar-refractivity contribution in [2.45, 2.75) is 0 Å². The van der Waals surface area contributed by atoms with Crippen LogP contribution in [0.3, 0.4) is 0 Å². The number of benzene rings is 8. The van der Waals surface area contributed by atoms with Crippen LogP contribution in [0, 0.1) is 12.1 Å². The number of para-hydroxylation sites is 2. The van der Waals surface area contributed by atoms with Gasteiger partial charge in [0.25, 0.3) is 0 Å². The summed E-state index contributed by atoms with van der Waals surface area (Å²) in [5.74, 6) is 0.666. The largest absolute Gasteiger partial charge is 2.00 e. The molecule has 2 N–H and O–H groups in total. The van der Waals surface area contributed by atoms with E-state index in [0.29, 0.717) is 11.5 Å². The Morgan fingerprint density at radius 3 is 0.647 bits per heavy atom. The van der Waals surface area contributed by atoms with Gasteiger partial charge in [-0.05, 0) is 22.3 Å². The quantitative estimate of drug-likeness (QED) is 0.142. The van der Waals surface area contributed by atoms with Gasteiger partial charge in [-0.1, -0.05) is 158 Å². The van der Waals surface area contributed by atoms with Crippen molar-refractivity contribution < 1.29 is 31.9 Å². The minimum absolute atomic E-state index is 0. The maximum absolute atomic E-state index is 10.5. The van der Waals surface area contributed by atoms with Crippen LogP contribution >= 0.6 is 0 Å². The molecule has 0 aliphatic carbocycles. The third kappa shape index (κ3) is 11.6. The third-order valence-electron chi connectivity index (χ3n) is 7.63. The normalized spacial score (nSPS) is 9.57. The van der Waals surface area contributed by atoms with E-state index in [1.807, 2.05) is 218 Å². The van der Waals surface area contributed by atoms with Crippen molar-refractivity contribution in [3.05, 3.63) is 231 Å². The van der Waals surface area contributed by atoms with Crippen molar-refractivity contribution in [2.75, 3.05) is 0 Å². The van der Waals surface area contributed by atoms with Crippen molar-refractivity contribution in [1.29, 1.82) is 0 Å². The molecule has 8 rings (SSSR count). The third-order valence-corrected chi connectivity index (χ3v) is 7.63. The molecule has 246 valence electrons. The van der Waals surface area contributed by atoms with E-state index in [4.69, 9.17) is 0 Å². The van der Waals surface area contributed by atoms with Crippen LogP contribution in [0.4, 0.5) is 0 Å². The van der Waals surface area contributed by atoms with Gasteiger partial charge in [0, 0.05) is 22.3 Å². The molecule has 8 aromatic rings. The van der Waals surface area contributed by atoms with E-state index < -0.39 is 0 Å². The summed E-state index contributed by atoms with van der Waals surface area (Å²) in [5, 5.41) is 21.0. The molecule has 0 aliphatic rings. The Morgan fingerprint density at radius 2 is 0.471 bits per heavy atom.